The molecule has 0 aliphatic rings. The monoisotopic (exact) mass is 276 g/mol. The van der Waals surface area contributed by atoms with E-state index < -0.39 is 11.9 Å². The van der Waals surface area contributed by atoms with Gasteiger partial charge in [0.2, 0.25) is 0 Å². The number of rotatable bonds is 4. The Hall–Kier alpha value is -2.46. The predicted octanol–water partition coefficient (Wildman–Crippen LogP) is 0.656. The van der Waals surface area contributed by atoms with E-state index in [1.807, 2.05) is 6.07 Å². The highest BCUT2D eigenvalue weighted by Crippen LogP contribution is 2.17. The van der Waals surface area contributed by atoms with Crippen molar-refractivity contribution in [1.29, 1.82) is 5.26 Å². The highest BCUT2D eigenvalue weighted by Gasteiger charge is 2.25. The second-order valence-electron chi connectivity index (χ2n) is 3.44. The first kappa shape index (κ1) is 14.6. The van der Waals surface area contributed by atoms with Crippen molar-refractivity contribution in [3.63, 3.8) is 0 Å². The van der Waals surface area contributed by atoms with Gasteiger partial charge in [-0.15, -0.1) is 0 Å². The lowest BCUT2D eigenvalue weighted by atomic mass is 9.95. The van der Waals surface area contributed by atoms with Crippen LogP contribution in [0.3, 0.4) is 0 Å². The maximum atomic E-state index is 11.7. The molecular weight excluding hydrogens is 264 g/mol. The molecule has 0 saturated heterocycles. The van der Waals surface area contributed by atoms with E-state index in [1.165, 1.54) is 7.11 Å². The van der Waals surface area contributed by atoms with E-state index in [-0.39, 0.29) is 10.8 Å². The van der Waals surface area contributed by atoms with Crippen LogP contribution in [0, 0.1) is 11.3 Å². The summed E-state index contributed by atoms with van der Waals surface area (Å²) in [5, 5.41) is 12.9. The number of hydrogen-bond donors (Lipinski definition) is 2. The molecule has 1 unspecified atom stereocenters. The van der Waals surface area contributed by atoms with Gasteiger partial charge in [-0.05, 0) is 17.8 Å². The molecule has 0 aliphatic carbocycles. The van der Waals surface area contributed by atoms with Crippen LogP contribution in [0.25, 0.3) is 0 Å². The van der Waals surface area contributed by atoms with E-state index in [4.69, 9.17) is 5.73 Å². The van der Waals surface area contributed by atoms with Gasteiger partial charge in [0.1, 0.15) is 5.92 Å². The molecule has 0 spiro atoms. The third-order valence-corrected chi connectivity index (χ3v) is 2.31. The molecule has 1 rings (SSSR count). The molecule has 7 heteroatoms. The summed E-state index contributed by atoms with van der Waals surface area (Å²) in [6, 6.07) is 10.8. The fraction of sp³-hybridized carbons (Fsp3) is 0.167. The Morgan fingerprint density at radius 3 is 2.63 bits per heavy atom. The average Bonchev–Trinajstić information content (AvgIpc) is 2.43. The van der Waals surface area contributed by atoms with Crippen molar-refractivity contribution < 1.29 is 9.53 Å². The SMILES string of the molecule is COC(=O)/C(=N/NC(N)=S)C(C#N)c1ccccc1. The van der Waals surface area contributed by atoms with Crippen LogP contribution in [0.1, 0.15) is 11.5 Å². The van der Waals surface area contributed by atoms with Gasteiger partial charge in [0.05, 0.1) is 13.2 Å². The number of carbonyl (C=O) groups is 1. The lowest BCUT2D eigenvalue weighted by Crippen LogP contribution is -2.30. The summed E-state index contributed by atoms with van der Waals surface area (Å²) in [7, 11) is 1.21. The molecule has 6 nitrogen and oxygen atoms in total. The minimum absolute atomic E-state index is 0.105. The zero-order valence-corrected chi connectivity index (χ0v) is 11.0. The molecule has 0 radical (unpaired) electrons. The molecule has 1 aromatic rings. The zero-order valence-electron chi connectivity index (χ0n) is 10.2. The lowest BCUT2D eigenvalue weighted by Gasteiger charge is -2.11. The standard InChI is InChI=1S/C12H12N4O2S/c1-18-11(17)10(15-16-12(14)19)9(7-13)8-5-3-2-4-6-8/h2-6,9H,1H3,(H3,14,16,19)/b15-10+. The summed E-state index contributed by atoms with van der Waals surface area (Å²) in [5.41, 5.74) is 8.05. The number of hydrogen-bond acceptors (Lipinski definition) is 5. The van der Waals surface area contributed by atoms with Crippen molar-refractivity contribution in [3.8, 4) is 6.07 Å². The number of nitrogens with zero attached hydrogens (tertiary/aromatic N) is 2. The molecule has 19 heavy (non-hydrogen) atoms. The summed E-state index contributed by atoms with van der Waals surface area (Å²) < 4.78 is 4.60. The van der Waals surface area contributed by atoms with Gasteiger partial charge in [-0.2, -0.15) is 10.4 Å². The Labute approximate surface area is 115 Å². The number of nitrogens with two attached hydrogens (primary N) is 1. The molecule has 1 atom stereocenters. The van der Waals surface area contributed by atoms with Gasteiger partial charge in [0.25, 0.3) is 0 Å². The van der Waals surface area contributed by atoms with Gasteiger partial charge < -0.3 is 10.5 Å². The van der Waals surface area contributed by atoms with Crippen LogP contribution in [0.2, 0.25) is 0 Å². The van der Waals surface area contributed by atoms with Crippen LogP contribution in [0.15, 0.2) is 35.4 Å². The summed E-state index contributed by atoms with van der Waals surface area (Å²) in [4.78, 5) is 11.7. The number of methoxy groups -OCH3 is 1. The summed E-state index contributed by atoms with van der Waals surface area (Å²) in [5.74, 6) is -1.59. The Kier molecular flexibility index (Phi) is 5.44. The molecule has 0 fully saturated rings. The number of nitriles is 1. The van der Waals surface area contributed by atoms with Crippen LogP contribution < -0.4 is 11.2 Å². The van der Waals surface area contributed by atoms with Crippen LogP contribution >= 0.6 is 12.2 Å². The first-order valence-electron chi connectivity index (χ1n) is 5.26. The van der Waals surface area contributed by atoms with Crippen LogP contribution in [-0.2, 0) is 9.53 Å². The highest BCUT2D eigenvalue weighted by atomic mass is 32.1. The zero-order chi connectivity index (χ0) is 14.3. The molecule has 0 aliphatic heterocycles. The average molecular weight is 276 g/mol. The molecule has 1 aromatic carbocycles. The number of ether oxygens (including phenoxy) is 1. The second kappa shape index (κ2) is 7.08. The summed E-state index contributed by atoms with van der Waals surface area (Å²) in [6.07, 6.45) is 0. The molecule has 3 N–H and O–H groups in total. The van der Waals surface area contributed by atoms with Crippen LogP contribution in [-0.4, -0.2) is 23.9 Å². The van der Waals surface area contributed by atoms with E-state index in [0.29, 0.717) is 5.56 Å². The molecule has 0 heterocycles. The largest absolute Gasteiger partial charge is 0.464 e. The molecule has 0 saturated carbocycles. The fourth-order valence-corrected chi connectivity index (χ4v) is 1.43. The molecule has 0 amide bonds. The van der Waals surface area contributed by atoms with Crippen molar-refractivity contribution in [3.05, 3.63) is 35.9 Å². The van der Waals surface area contributed by atoms with E-state index in [0.717, 1.165) is 0 Å². The summed E-state index contributed by atoms with van der Waals surface area (Å²) in [6.45, 7) is 0. The van der Waals surface area contributed by atoms with Gasteiger partial charge >= 0.3 is 5.97 Å². The number of esters is 1. The van der Waals surface area contributed by atoms with Gasteiger partial charge in [-0.1, -0.05) is 30.3 Å². The van der Waals surface area contributed by atoms with Gasteiger partial charge in [0, 0.05) is 0 Å². The number of thiocarbonyl (C=S) groups is 1. The maximum Gasteiger partial charge on any atom is 0.355 e. The quantitative estimate of drug-likeness (QED) is 0.362. The van der Waals surface area contributed by atoms with Crippen molar-refractivity contribution in [2.24, 2.45) is 10.8 Å². The Balaban J connectivity index is 3.15. The molecule has 0 aromatic heterocycles. The normalized spacial score (nSPS) is 12.1. The minimum Gasteiger partial charge on any atom is -0.464 e. The minimum atomic E-state index is -0.865. The molecule has 0 bridgehead atoms. The second-order valence-corrected chi connectivity index (χ2v) is 3.88. The van der Waals surface area contributed by atoms with Crippen LogP contribution in [0.5, 0.6) is 0 Å². The smallest absolute Gasteiger partial charge is 0.355 e. The van der Waals surface area contributed by atoms with Gasteiger partial charge in [-0.25, -0.2) is 4.79 Å². The maximum absolute atomic E-state index is 11.7. The number of carbonyl (C=O) groups excluding carboxylic acids is 1. The predicted molar refractivity (Wildman–Crippen MR) is 74.2 cm³/mol. The van der Waals surface area contributed by atoms with Crippen molar-refractivity contribution in [2.45, 2.75) is 5.92 Å². The third-order valence-electron chi connectivity index (χ3n) is 2.22. The third kappa shape index (κ3) is 4.04. The van der Waals surface area contributed by atoms with E-state index in [9.17, 15) is 10.1 Å². The number of benzene rings is 1. The van der Waals surface area contributed by atoms with Crippen molar-refractivity contribution >= 4 is 29.0 Å². The highest BCUT2D eigenvalue weighted by molar-refractivity contribution is 7.80. The first-order valence-corrected chi connectivity index (χ1v) is 5.67. The Bertz CT molecular complexity index is 536. The van der Waals surface area contributed by atoms with Crippen LogP contribution in [0.4, 0.5) is 0 Å². The Morgan fingerprint density at radius 1 is 1.53 bits per heavy atom. The molecular formula is C12H12N4O2S. The number of nitrogens with one attached hydrogen (secondary N) is 1. The van der Waals surface area contributed by atoms with Crippen molar-refractivity contribution in [1.82, 2.24) is 5.43 Å². The van der Waals surface area contributed by atoms with E-state index in [2.05, 4.69) is 27.5 Å². The summed E-state index contributed by atoms with van der Waals surface area (Å²) >= 11 is 4.60. The van der Waals surface area contributed by atoms with Gasteiger partial charge in [-0.3, -0.25) is 5.43 Å². The topological polar surface area (TPSA) is 100 Å². The lowest BCUT2D eigenvalue weighted by molar-refractivity contribution is -0.132. The fourth-order valence-electron chi connectivity index (χ4n) is 1.39. The van der Waals surface area contributed by atoms with Gasteiger partial charge in [0.15, 0.2) is 10.8 Å². The number of hydrazone groups is 1. The van der Waals surface area contributed by atoms with Crippen molar-refractivity contribution in [2.75, 3.05) is 7.11 Å². The van der Waals surface area contributed by atoms with E-state index in [1.54, 1.807) is 30.3 Å². The first-order chi connectivity index (χ1) is 9.10. The van der Waals surface area contributed by atoms with E-state index >= 15 is 0 Å². The Morgan fingerprint density at radius 2 is 2.16 bits per heavy atom. The molecule has 98 valence electrons.